The topological polar surface area (TPSA) is 129 Å². The van der Waals surface area contributed by atoms with Crippen LogP contribution in [-0.2, 0) is 29.7 Å². The summed E-state index contributed by atoms with van der Waals surface area (Å²) in [5.41, 5.74) is 5.73. The third-order valence-electron chi connectivity index (χ3n) is 4.13. The molecule has 0 spiro atoms. The van der Waals surface area contributed by atoms with E-state index in [1.54, 1.807) is 31.4 Å². The number of amides is 1. The van der Waals surface area contributed by atoms with Crippen molar-refractivity contribution in [3.8, 4) is 0 Å². The molecule has 1 rings (SSSR count). The van der Waals surface area contributed by atoms with E-state index in [0.29, 0.717) is 82.6 Å². The number of hydrogen-bond donors (Lipinski definition) is 3. The molecule has 0 heterocycles. The van der Waals surface area contributed by atoms with Crippen molar-refractivity contribution in [1.29, 1.82) is 0 Å². The maximum atomic E-state index is 12.5. The lowest BCUT2D eigenvalue weighted by atomic mass is 10.2. The number of benzene rings is 1. The van der Waals surface area contributed by atoms with Crippen molar-refractivity contribution in [1.82, 2.24) is 5.32 Å². The second-order valence-corrected chi connectivity index (χ2v) is 8.21. The molecule has 2 atom stereocenters. The Balaban J connectivity index is 2.23. The van der Waals surface area contributed by atoms with Gasteiger partial charge in [0, 0.05) is 37.3 Å². The highest BCUT2D eigenvalue weighted by molar-refractivity contribution is 7.85. The molecule has 2 unspecified atom stereocenters. The van der Waals surface area contributed by atoms with Gasteiger partial charge in [-0.05, 0) is 31.0 Å². The molecule has 0 radical (unpaired) electrons. The highest BCUT2D eigenvalue weighted by Gasteiger charge is 2.13. The van der Waals surface area contributed by atoms with Gasteiger partial charge in [-0.15, -0.1) is 0 Å². The molecule has 0 aliphatic carbocycles. The van der Waals surface area contributed by atoms with Crippen molar-refractivity contribution in [2.24, 2.45) is 5.73 Å². The van der Waals surface area contributed by atoms with Gasteiger partial charge in [0.15, 0.2) is 0 Å². The quantitative estimate of drug-likeness (QED) is 0.252. The minimum Gasteiger partial charge on any atom is -0.392 e. The van der Waals surface area contributed by atoms with E-state index in [-0.39, 0.29) is 11.7 Å². The van der Waals surface area contributed by atoms with E-state index < -0.39 is 16.9 Å². The van der Waals surface area contributed by atoms with Gasteiger partial charge in [-0.25, -0.2) is 0 Å². The number of aliphatic hydroxyl groups excluding tert-OH is 1. The monoisotopic (exact) mass is 460 g/mol. The summed E-state index contributed by atoms with van der Waals surface area (Å²) in [5.74, 6) is -0.138. The fourth-order valence-corrected chi connectivity index (χ4v) is 3.76. The number of ether oxygens (including phenoxy) is 4. The first-order chi connectivity index (χ1) is 15.1. The molecule has 1 aromatic carbocycles. The van der Waals surface area contributed by atoms with Crippen LogP contribution in [0.2, 0.25) is 0 Å². The number of nitrogens with one attached hydrogen (secondary N) is 1. The predicted molar refractivity (Wildman–Crippen MR) is 119 cm³/mol. The third kappa shape index (κ3) is 13.6. The summed E-state index contributed by atoms with van der Waals surface area (Å²) in [6.07, 6.45) is 0.551. The molecular formula is C21H36N2O7S. The Morgan fingerprint density at radius 1 is 1.10 bits per heavy atom. The zero-order valence-electron chi connectivity index (χ0n) is 18.3. The molecule has 1 aromatic rings. The van der Waals surface area contributed by atoms with Crippen LogP contribution in [0.1, 0.15) is 23.2 Å². The van der Waals surface area contributed by atoms with Crippen LogP contribution < -0.4 is 11.1 Å². The Bertz CT molecular complexity index is 634. The van der Waals surface area contributed by atoms with Crippen LogP contribution in [0.25, 0.3) is 0 Å². The highest BCUT2D eigenvalue weighted by atomic mass is 32.2. The number of nitrogens with two attached hydrogens (primary N) is 1. The van der Waals surface area contributed by atoms with Crippen molar-refractivity contribution in [3.63, 3.8) is 0 Å². The molecule has 0 fully saturated rings. The zero-order valence-corrected chi connectivity index (χ0v) is 19.1. The molecule has 31 heavy (non-hydrogen) atoms. The summed E-state index contributed by atoms with van der Waals surface area (Å²) in [6.45, 7) is 4.15. The first kappa shape index (κ1) is 27.6. The maximum Gasteiger partial charge on any atom is 0.251 e. The lowest BCUT2D eigenvalue weighted by molar-refractivity contribution is 0.0166. The van der Waals surface area contributed by atoms with E-state index in [1.165, 1.54) is 0 Å². The average Bonchev–Trinajstić information content (AvgIpc) is 2.77. The number of methoxy groups -OCH3 is 1. The van der Waals surface area contributed by atoms with E-state index in [1.807, 2.05) is 0 Å². The molecule has 10 heteroatoms. The largest absolute Gasteiger partial charge is 0.392 e. The van der Waals surface area contributed by atoms with Gasteiger partial charge in [0.05, 0.1) is 62.3 Å². The van der Waals surface area contributed by atoms with Crippen molar-refractivity contribution in [2.75, 3.05) is 72.2 Å². The van der Waals surface area contributed by atoms with Crippen LogP contribution in [0.15, 0.2) is 29.2 Å². The van der Waals surface area contributed by atoms with Crippen molar-refractivity contribution < 1.29 is 33.1 Å². The summed E-state index contributed by atoms with van der Waals surface area (Å²) in [5, 5.41) is 12.8. The molecule has 0 saturated carbocycles. The molecule has 0 aromatic heterocycles. The lowest BCUT2D eigenvalue weighted by Gasteiger charge is -2.11. The van der Waals surface area contributed by atoms with E-state index in [9.17, 15) is 14.1 Å². The number of hydrogen-bond acceptors (Lipinski definition) is 8. The van der Waals surface area contributed by atoms with Crippen LogP contribution in [-0.4, -0.2) is 93.5 Å². The van der Waals surface area contributed by atoms with E-state index >= 15 is 0 Å². The Morgan fingerprint density at radius 3 is 2.45 bits per heavy atom. The van der Waals surface area contributed by atoms with E-state index in [4.69, 9.17) is 24.7 Å². The lowest BCUT2D eigenvalue weighted by Crippen LogP contribution is -2.27. The van der Waals surface area contributed by atoms with Gasteiger partial charge in [0.25, 0.3) is 5.91 Å². The van der Waals surface area contributed by atoms with Crippen LogP contribution in [0.3, 0.4) is 0 Å². The first-order valence-corrected chi connectivity index (χ1v) is 11.8. The Labute approximate surface area is 187 Å². The molecule has 1 amide bonds. The van der Waals surface area contributed by atoms with Gasteiger partial charge in [0.2, 0.25) is 0 Å². The first-order valence-electron chi connectivity index (χ1n) is 10.5. The summed E-state index contributed by atoms with van der Waals surface area (Å²) < 4.78 is 33.3. The van der Waals surface area contributed by atoms with Crippen LogP contribution in [0.5, 0.6) is 0 Å². The smallest absolute Gasteiger partial charge is 0.251 e. The SMILES string of the molecule is COCCCC(O)CS(=O)c1cccc(C(=O)NCCOCCOCCOCCN)c1. The summed E-state index contributed by atoms with van der Waals surface area (Å²) in [7, 11) is 0.216. The fourth-order valence-electron chi connectivity index (χ4n) is 2.56. The van der Waals surface area contributed by atoms with Crippen LogP contribution in [0, 0.1) is 0 Å². The Morgan fingerprint density at radius 2 is 1.77 bits per heavy atom. The minimum absolute atomic E-state index is 0.129. The summed E-state index contributed by atoms with van der Waals surface area (Å²) in [6, 6.07) is 6.63. The Kier molecular flexibility index (Phi) is 16.2. The van der Waals surface area contributed by atoms with Crippen molar-refractivity contribution in [3.05, 3.63) is 29.8 Å². The molecule has 0 saturated heterocycles. The van der Waals surface area contributed by atoms with Gasteiger partial charge in [-0.3, -0.25) is 9.00 Å². The molecular weight excluding hydrogens is 424 g/mol. The van der Waals surface area contributed by atoms with Crippen LogP contribution in [0.4, 0.5) is 0 Å². The number of carbonyl (C=O) groups is 1. The second kappa shape index (κ2) is 18.2. The molecule has 4 N–H and O–H groups in total. The number of rotatable bonds is 19. The van der Waals surface area contributed by atoms with Crippen molar-refractivity contribution >= 4 is 16.7 Å². The van der Waals surface area contributed by atoms with E-state index in [2.05, 4.69) is 5.32 Å². The van der Waals surface area contributed by atoms with Gasteiger partial charge in [0.1, 0.15) is 0 Å². The van der Waals surface area contributed by atoms with Crippen LogP contribution >= 0.6 is 0 Å². The van der Waals surface area contributed by atoms with Gasteiger partial charge >= 0.3 is 0 Å². The van der Waals surface area contributed by atoms with Crippen molar-refractivity contribution in [2.45, 2.75) is 23.8 Å². The molecule has 0 bridgehead atoms. The minimum atomic E-state index is -1.39. The summed E-state index contributed by atoms with van der Waals surface area (Å²) in [4.78, 5) is 12.8. The van der Waals surface area contributed by atoms with Gasteiger partial charge < -0.3 is 35.1 Å². The average molecular weight is 461 g/mol. The standard InChI is InChI=1S/C21H36N2O7S/c1-27-9-3-5-19(24)17-31(26)20-6-2-4-18(16-20)21(25)23-8-11-29-13-15-30-14-12-28-10-7-22/h2,4,6,16,19,24H,3,5,7-15,17,22H2,1H3,(H,23,25). The fraction of sp³-hybridized carbons (Fsp3) is 0.667. The summed E-state index contributed by atoms with van der Waals surface area (Å²) >= 11 is 0. The van der Waals surface area contributed by atoms with Gasteiger partial charge in [-0.1, -0.05) is 6.07 Å². The predicted octanol–water partition coefficient (Wildman–Crippen LogP) is 0.320. The molecule has 0 aliphatic rings. The zero-order chi connectivity index (χ0) is 22.7. The second-order valence-electron chi connectivity index (χ2n) is 6.71. The Hall–Kier alpha value is -1.40. The highest BCUT2D eigenvalue weighted by Crippen LogP contribution is 2.12. The number of aliphatic hydroxyl groups is 1. The molecule has 178 valence electrons. The third-order valence-corrected chi connectivity index (χ3v) is 5.59. The van der Waals surface area contributed by atoms with E-state index in [0.717, 1.165) is 0 Å². The van der Waals surface area contributed by atoms with Gasteiger partial charge in [-0.2, -0.15) is 0 Å². The maximum absolute atomic E-state index is 12.5. The normalized spacial score (nSPS) is 13.1. The molecule has 9 nitrogen and oxygen atoms in total. The number of carbonyl (C=O) groups excluding carboxylic acids is 1. The molecule has 0 aliphatic heterocycles.